The summed E-state index contributed by atoms with van der Waals surface area (Å²) in [5.74, 6) is -0.141. The van der Waals surface area contributed by atoms with Crippen LogP contribution >= 0.6 is 22.6 Å². The second-order valence-corrected chi connectivity index (χ2v) is 48.0. The molecule has 2 saturated heterocycles. The Kier molecular flexibility index (Phi) is 40.3. The van der Waals surface area contributed by atoms with Crippen LogP contribution in [0, 0.1) is 0 Å². The molecule has 6 atom stereocenters. The Morgan fingerprint density at radius 1 is 0.650 bits per heavy atom. The standard InChI is InChI=1S/C29H40N4O4Si.C13H21IN4O3.C13H33NSi2.3CHF3O3S.Sc/c1-7-25(29(6)26(22(2)34)33(27(35)36-29)21-15-14-20-31-32-30)37-38(28(3,4)5,23-16-10-8-11-17-23)24-18-12-9-13-19-24;1-4-10(19)13(3)11(9(2)14)18(12(20)21-13)8-6-5-7-16-17-15;1-12(2,3)15(7,8)11-14-16(9,10)13(4,5)6;3*2-1(3,4)8(5,6)7;/h8-13,16-19,25-26H,7,14-15,20-21H2,1-6H3;10-11,19H,2,4-8H2,1,3H3;14H,11H2,1-10H3;3*(H,5,6,7);/t25-,26-,29-;10-,11-,13-;;;;;/m11...../s1. The molecule has 42 heteroatoms. The van der Waals surface area contributed by atoms with E-state index in [1.807, 2.05) is 57.2 Å². The van der Waals surface area contributed by atoms with Gasteiger partial charge in [-0.1, -0.05) is 180 Å². The number of ether oxygens (including phenoxy) is 2. The molecule has 1 radical (unpaired) electrons. The van der Waals surface area contributed by atoms with Crippen LogP contribution in [0.4, 0.5) is 49.1 Å². The van der Waals surface area contributed by atoms with E-state index in [2.05, 4.69) is 167 Å². The summed E-state index contributed by atoms with van der Waals surface area (Å²) >= 11 is 2.07. The Bertz CT molecular complexity index is 3240. The van der Waals surface area contributed by atoms with E-state index in [4.69, 9.17) is 63.9 Å². The fraction of sp³-hybridized carbons (Fsp3) is 0.707. The molecule has 2 aliphatic rings. The van der Waals surface area contributed by atoms with Gasteiger partial charge in [0.05, 0.1) is 20.3 Å². The number of hydrogen-bond acceptors (Lipinski definition) is 16. The van der Waals surface area contributed by atoms with Gasteiger partial charge in [-0.25, -0.2) is 9.59 Å². The van der Waals surface area contributed by atoms with Crippen molar-refractivity contribution in [3.8, 4) is 0 Å². The number of Topliss-reactive ketones (excluding diaryl/α,β-unsaturated/α-hetero) is 1. The van der Waals surface area contributed by atoms with E-state index in [-0.39, 0.29) is 42.7 Å². The number of alkyl halides is 9. The molecule has 0 spiro atoms. The molecule has 2 aliphatic heterocycles. The number of aliphatic hydroxyl groups excluding tert-OH is 1. The number of carbonyl (C=O) groups is 3. The maximum Gasteiger partial charge on any atom is 0.522 e. The summed E-state index contributed by atoms with van der Waals surface area (Å²) in [6.45, 7) is 45.3. The first kappa shape index (κ1) is 100. The second-order valence-electron chi connectivity index (χ2n) is 27.4. The van der Waals surface area contributed by atoms with Gasteiger partial charge in [-0.05, 0) is 125 Å². The van der Waals surface area contributed by atoms with E-state index in [0.717, 1.165) is 14.0 Å². The molecule has 0 bridgehead atoms. The number of azide groups is 2. The third kappa shape index (κ3) is 29.6. The van der Waals surface area contributed by atoms with Crippen molar-refractivity contribution < 1.29 is 138 Å². The minimum atomic E-state index is -5.84. The van der Waals surface area contributed by atoms with Crippen molar-refractivity contribution >= 4 is 106 Å². The molecule has 4 rings (SSSR count). The van der Waals surface area contributed by atoms with Gasteiger partial charge in [0.25, 0.3) is 8.32 Å². The predicted octanol–water partition coefficient (Wildman–Crippen LogP) is 14.8. The quantitative estimate of drug-likeness (QED) is 0.00794. The number of ketones is 1. The van der Waals surface area contributed by atoms with Crippen molar-refractivity contribution in [2.45, 2.75) is 229 Å². The van der Waals surface area contributed by atoms with E-state index in [9.17, 15) is 59.0 Å². The number of carbonyl (C=O) groups excluding carboxylic acids is 3. The summed E-state index contributed by atoms with van der Waals surface area (Å²) in [4.78, 5) is 50.9. The molecule has 573 valence electrons. The normalized spacial score (nSPS) is 19.1. The van der Waals surface area contributed by atoms with Crippen LogP contribution in [0.15, 0.2) is 81.1 Å². The van der Waals surface area contributed by atoms with Crippen LogP contribution in [-0.2, 0) is 74.9 Å². The van der Waals surface area contributed by atoms with Gasteiger partial charge in [0, 0.05) is 65.4 Å². The summed E-state index contributed by atoms with van der Waals surface area (Å²) in [5, 5.41) is 20.1. The van der Waals surface area contributed by atoms with Crippen LogP contribution in [-0.4, -0.2) is 181 Å². The monoisotopic (exact) mass is 1700 g/mol. The fourth-order valence-corrected chi connectivity index (χ4v) is 19.8. The van der Waals surface area contributed by atoms with Gasteiger partial charge < -0.3 is 24.0 Å². The maximum absolute atomic E-state index is 13.2. The summed E-state index contributed by atoms with van der Waals surface area (Å²) in [7, 11) is -23.0. The first-order chi connectivity index (χ1) is 44.4. The molecule has 100 heavy (non-hydrogen) atoms. The minimum absolute atomic E-state index is 0. The Hall–Kier alpha value is -3.76. The zero-order valence-corrected chi connectivity index (χ0v) is 68.8. The molecule has 0 saturated carbocycles. The van der Waals surface area contributed by atoms with Crippen LogP contribution < -0.4 is 15.4 Å². The van der Waals surface area contributed by atoms with Crippen LogP contribution in [0.5, 0.6) is 0 Å². The number of nitrogens with zero attached hydrogens (tertiary/aromatic N) is 8. The van der Waals surface area contributed by atoms with Crippen molar-refractivity contribution in [2.75, 3.05) is 32.3 Å². The number of aliphatic hydroxyl groups is 1. The third-order valence-electron chi connectivity index (χ3n) is 17.0. The molecule has 0 aliphatic carbocycles. The van der Waals surface area contributed by atoms with E-state index in [1.54, 1.807) is 11.8 Å². The average molecular weight is 1700 g/mol. The van der Waals surface area contributed by atoms with Crippen molar-refractivity contribution in [1.82, 2.24) is 14.8 Å². The number of rotatable bonds is 23. The number of amides is 2. The summed E-state index contributed by atoms with van der Waals surface area (Å²) in [6, 6.07) is 19.5. The van der Waals surface area contributed by atoms with Gasteiger partial charge >= 0.3 is 59.1 Å². The Morgan fingerprint density at radius 2 is 0.980 bits per heavy atom. The van der Waals surface area contributed by atoms with Crippen molar-refractivity contribution in [3.63, 3.8) is 0 Å². The van der Waals surface area contributed by atoms with Gasteiger partial charge in [-0.3, -0.25) is 28.3 Å². The summed E-state index contributed by atoms with van der Waals surface area (Å²) in [5.41, 5.74) is -2.00. The summed E-state index contributed by atoms with van der Waals surface area (Å²) in [6.07, 6.45) is 2.70. The van der Waals surface area contributed by atoms with Gasteiger partial charge in [0.2, 0.25) is 0 Å². The largest absolute Gasteiger partial charge is 0.522 e. The van der Waals surface area contributed by atoms with Gasteiger partial charge in [-0.15, -0.1) is 0 Å². The molecular weight excluding hydrogens is 1600 g/mol. The predicted molar refractivity (Wildman–Crippen MR) is 375 cm³/mol. The van der Waals surface area contributed by atoms with Crippen molar-refractivity contribution in [2.24, 2.45) is 10.2 Å². The van der Waals surface area contributed by atoms with Gasteiger partial charge in [0.15, 0.2) is 17.0 Å². The van der Waals surface area contributed by atoms with E-state index >= 15 is 0 Å². The smallest absolute Gasteiger partial charge is 0.438 e. The molecule has 2 aromatic carbocycles. The molecule has 2 fully saturated rings. The second kappa shape index (κ2) is 40.1. The molecule has 25 nitrogen and oxygen atoms in total. The van der Waals surface area contributed by atoms with Gasteiger partial charge in [-0.2, -0.15) is 64.8 Å². The number of benzene rings is 2. The van der Waals surface area contributed by atoms with E-state index in [0.29, 0.717) is 74.8 Å². The summed E-state index contributed by atoms with van der Waals surface area (Å²) < 4.78 is 192. The zero-order valence-electron chi connectivity index (χ0n) is 59.4. The minimum Gasteiger partial charge on any atom is -0.438 e. The maximum atomic E-state index is 13.2. The first-order valence-corrected chi connectivity index (χ1v) is 44.1. The van der Waals surface area contributed by atoms with E-state index in [1.165, 1.54) is 18.0 Å². The number of unbranched alkanes of at least 4 members (excludes halogenated alkanes) is 2. The van der Waals surface area contributed by atoms with Crippen LogP contribution in [0.2, 0.25) is 41.3 Å². The van der Waals surface area contributed by atoms with Crippen LogP contribution in [0.25, 0.3) is 20.9 Å². The first-order valence-electron chi connectivity index (χ1n) is 30.6. The number of halogens is 10. The average Bonchev–Trinajstić information content (AvgIpc) is 1.23. The molecule has 2 amide bonds. The zero-order chi connectivity index (χ0) is 78.4. The van der Waals surface area contributed by atoms with Crippen LogP contribution in [0.1, 0.15) is 135 Å². The van der Waals surface area contributed by atoms with Gasteiger partial charge in [0.1, 0.15) is 20.3 Å². The number of hydrogen-bond donors (Lipinski definition) is 5. The Labute approximate surface area is 616 Å². The molecule has 2 aromatic rings. The van der Waals surface area contributed by atoms with Crippen molar-refractivity contribution in [3.05, 3.63) is 91.7 Å². The van der Waals surface area contributed by atoms with E-state index < -0.39 is 113 Å². The topological polar surface area (TPSA) is 378 Å². The molecule has 2 heterocycles. The Morgan fingerprint density at radius 3 is 1.24 bits per heavy atom. The SMILES string of the molecule is C=C(I)[C@H]1N(CCCCN=[N+]=[N-])C(=O)O[C@]1(C)[C@H](O)CC.CC(C)(C)[Si](C)(C)CN[Si](C)(C)C(C)(C)C.CC[C@@H](O[Si](c1ccccc1)(c1ccccc1)C(C)(C)C)[C@@]1(C)OC(=O)N(CCCCN=[N+]=[N-])[C@@H]1C(C)=O.O=S(=O)(O)C(F)(F)F.O=S(=O)(O)C(F)(F)F.O=S(=O)(O)C(F)(F)F.[Sc]. The number of nitrogens with one attached hydrogen (secondary N) is 1. The van der Waals surface area contributed by atoms with Crippen molar-refractivity contribution in [1.29, 1.82) is 0 Å². The molecule has 5 N–H and O–H groups in total. The number of cyclic esters (lactones) is 2. The molecule has 0 unspecified atom stereocenters. The third-order valence-corrected chi connectivity index (χ3v) is 34.6. The molecular formula is C58H97F9IN9O16S3ScSi3. The van der Waals surface area contributed by atoms with Crippen LogP contribution in [0.3, 0.4) is 0 Å². The fourth-order valence-electron chi connectivity index (χ4n) is 9.38. The molecule has 0 aromatic heterocycles. The Balaban J connectivity index is -0.00000128.